The summed E-state index contributed by atoms with van der Waals surface area (Å²) in [6.07, 6.45) is 0.0708. The molecule has 0 saturated carbocycles. The molecule has 0 saturated heterocycles. The first-order chi connectivity index (χ1) is 6.50. The SMILES string of the molecule is NC(=O)C[C@H](N)c1ccc(Cl)cc1Cl. The van der Waals surface area contributed by atoms with Crippen LogP contribution in [0.15, 0.2) is 18.2 Å². The van der Waals surface area contributed by atoms with Gasteiger partial charge in [-0.15, -0.1) is 0 Å². The number of halogens is 2. The second kappa shape index (κ2) is 4.64. The molecule has 0 spiro atoms. The zero-order valence-corrected chi connectivity index (χ0v) is 8.85. The van der Waals surface area contributed by atoms with Crippen LogP contribution in [0.25, 0.3) is 0 Å². The third-order valence-electron chi connectivity index (χ3n) is 1.78. The van der Waals surface area contributed by atoms with Gasteiger partial charge in [0.15, 0.2) is 0 Å². The largest absolute Gasteiger partial charge is 0.370 e. The van der Waals surface area contributed by atoms with Crippen molar-refractivity contribution in [3.8, 4) is 0 Å². The van der Waals surface area contributed by atoms with Gasteiger partial charge in [-0.25, -0.2) is 0 Å². The van der Waals surface area contributed by atoms with Crippen molar-refractivity contribution in [3.05, 3.63) is 33.8 Å². The van der Waals surface area contributed by atoms with Gasteiger partial charge in [0, 0.05) is 22.5 Å². The summed E-state index contributed by atoms with van der Waals surface area (Å²) in [5.74, 6) is -0.455. The zero-order valence-electron chi connectivity index (χ0n) is 7.34. The Hall–Kier alpha value is -0.770. The van der Waals surface area contributed by atoms with Crippen molar-refractivity contribution >= 4 is 29.1 Å². The van der Waals surface area contributed by atoms with Gasteiger partial charge in [-0.3, -0.25) is 4.79 Å². The molecule has 4 N–H and O–H groups in total. The van der Waals surface area contributed by atoms with E-state index in [1.54, 1.807) is 18.2 Å². The van der Waals surface area contributed by atoms with E-state index in [1.165, 1.54) is 0 Å². The Morgan fingerprint density at radius 2 is 2.07 bits per heavy atom. The van der Waals surface area contributed by atoms with Crippen molar-refractivity contribution in [3.63, 3.8) is 0 Å². The molecule has 0 unspecified atom stereocenters. The number of carbonyl (C=O) groups excluding carboxylic acids is 1. The summed E-state index contributed by atoms with van der Waals surface area (Å²) < 4.78 is 0. The maximum Gasteiger partial charge on any atom is 0.219 e. The summed E-state index contributed by atoms with van der Waals surface area (Å²) in [7, 11) is 0. The van der Waals surface area contributed by atoms with Gasteiger partial charge in [-0.1, -0.05) is 29.3 Å². The Bertz CT molecular complexity index is 355. The number of hydrogen-bond acceptors (Lipinski definition) is 2. The first kappa shape index (κ1) is 11.3. The number of nitrogens with two attached hydrogens (primary N) is 2. The molecule has 14 heavy (non-hydrogen) atoms. The number of rotatable bonds is 3. The fourth-order valence-electron chi connectivity index (χ4n) is 1.13. The van der Waals surface area contributed by atoms with Crippen molar-refractivity contribution in [1.82, 2.24) is 0 Å². The first-order valence-electron chi connectivity index (χ1n) is 3.99. The molecule has 0 fully saturated rings. The second-order valence-corrected chi connectivity index (χ2v) is 3.79. The van der Waals surface area contributed by atoms with E-state index in [4.69, 9.17) is 34.7 Å². The highest BCUT2D eigenvalue weighted by Gasteiger charge is 2.12. The molecular weight excluding hydrogens is 223 g/mol. The van der Waals surface area contributed by atoms with Crippen LogP contribution in [-0.2, 0) is 4.79 Å². The minimum atomic E-state index is -0.475. The topological polar surface area (TPSA) is 69.1 Å². The maximum atomic E-state index is 10.6. The molecule has 1 aromatic rings. The quantitative estimate of drug-likeness (QED) is 0.836. The zero-order chi connectivity index (χ0) is 10.7. The van der Waals surface area contributed by atoms with Crippen LogP contribution in [0.2, 0.25) is 10.0 Å². The molecule has 3 nitrogen and oxygen atoms in total. The van der Waals surface area contributed by atoms with Crippen LogP contribution < -0.4 is 11.5 Å². The normalized spacial score (nSPS) is 12.5. The molecule has 1 amide bonds. The average molecular weight is 233 g/mol. The van der Waals surface area contributed by atoms with Gasteiger partial charge in [0.1, 0.15) is 0 Å². The monoisotopic (exact) mass is 232 g/mol. The van der Waals surface area contributed by atoms with Crippen LogP contribution >= 0.6 is 23.2 Å². The van der Waals surface area contributed by atoms with Crippen molar-refractivity contribution in [2.24, 2.45) is 11.5 Å². The predicted octanol–water partition coefficient (Wildman–Crippen LogP) is 1.87. The lowest BCUT2D eigenvalue weighted by Crippen LogP contribution is -2.20. The lowest BCUT2D eigenvalue weighted by molar-refractivity contribution is -0.118. The highest BCUT2D eigenvalue weighted by Crippen LogP contribution is 2.26. The van der Waals surface area contributed by atoms with E-state index in [9.17, 15) is 4.79 Å². The molecule has 0 aliphatic carbocycles. The molecule has 0 aromatic heterocycles. The van der Waals surface area contributed by atoms with E-state index in [0.29, 0.717) is 15.6 Å². The lowest BCUT2D eigenvalue weighted by Gasteiger charge is -2.11. The summed E-state index contributed by atoms with van der Waals surface area (Å²) >= 11 is 11.6. The van der Waals surface area contributed by atoms with Crippen molar-refractivity contribution in [2.45, 2.75) is 12.5 Å². The van der Waals surface area contributed by atoms with E-state index in [0.717, 1.165) is 0 Å². The van der Waals surface area contributed by atoms with E-state index in [-0.39, 0.29) is 6.42 Å². The maximum absolute atomic E-state index is 10.6. The van der Waals surface area contributed by atoms with Crippen molar-refractivity contribution in [2.75, 3.05) is 0 Å². The highest BCUT2D eigenvalue weighted by molar-refractivity contribution is 6.35. The van der Waals surface area contributed by atoms with Crippen LogP contribution in [0, 0.1) is 0 Å². The predicted molar refractivity (Wildman–Crippen MR) is 57.2 cm³/mol. The standard InChI is InChI=1S/C9H10Cl2N2O/c10-5-1-2-6(7(11)3-5)8(12)4-9(13)14/h1-3,8H,4,12H2,(H2,13,14)/t8-/m0/s1. The Labute approximate surface area is 92.0 Å². The Morgan fingerprint density at radius 3 is 2.57 bits per heavy atom. The van der Waals surface area contributed by atoms with Crippen LogP contribution in [0.5, 0.6) is 0 Å². The number of carbonyl (C=O) groups is 1. The van der Waals surface area contributed by atoms with Crippen LogP contribution in [0.4, 0.5) is 0 Å². The smallest absolute Gasteiger partial charge is 0.219 e. The Balaban J connectivity index is 2.90. The van der Waals surface area contributed by atoms with E-state index in [1.807, 2.05) is 0 Å². The lowest BCUT2D eigenvalue weighted by atomic mass is 10.0. The molecule has 0 radical (unpaired) electrons. The van der Waals surface area contributed by atoms with E-state index in [2.05, 4.69) is 0 Å². The summed E-state index contributed by atoms with van der Waals surface area (Å²) in [5.41, 5.74) is 11.4. The minimum Gasteiger partial charge on any atom is -0.370 e. The average Bonchev–Trinajstić information content (AvgIpc) is 2.01. The molecular formula is C9H10Cl2N2O. The highest BCUT2D eigenvalue weighted by atomic mass is 35.5. The van der Waals surface area contributed by atoms with Crippen molar-refractivity contribution in [1.29, 1.82) is 0 Å². The third-order valence-corrected chi connectivity index (χ3v) is 2.35. The fraction of sp³-hybridized carbons (Fsp3) is 0.222. The molecule has 76 valence electrons. The van der Waals surface area contributed by atoms with Gasteiger partial charge in [-0.2, -0.15) is 0 Å². The Kier molecular flexibility index (Phi) is 3.75. The molecule has 1 atom stereocenters. The minimum absolute atomic E-state index is 0.0708. The fourth-order valence-corrected chi connectivity index (χ4v) is 1.68. The molecule has 0 aliphatic rings. The van der Waals surface area contributed by atoms with Gasteiger partial charge in [0.05, 0.1) is 0 Å². The number of hydrogen-bond donors (Lipinski definition) is 2. The Morgan fingerprint density at radius 1 is 1.43 bits per heavy atom. The second-order valence-electron chi connectivity index (χ2n) is 2.94. The van der Waals surface area contributed by atoms with Gasteiger partial charge < -0.3 is 11.5 Å². The van der Waals surface area contributed by atoms with E-state index >= 15 is 0 Å². The van der Waals surface area contributed by atoms with Gasteiger partial charge >= 0.3 is 0 Å². The molecule has 1 aromatic carbocycles. The van der Waals surface area contributed by atoms with E-state index < -0.39 is 11.9 Å². The molecule has 0 bridgehead atoms. The van der Waals surface area contributed by atoms with Gasteiger partial charge in [0.2, 0.25) is 5.91 Å². The summed E-state index contributed by atoms with van der Waals surface area (Å²) in [5, 5.41) is 0.983. The summed E-state index contributed by atoms with van der Waals surface area (Å²) in [6, 6.07) is 4.47. The number of primary amides is 1. The molecule has 0 aliphatic heterocycles. The number of amides is 1. The first-order valence-corrected chi connectivity index (χ1v) is 4.75. The molecule has 0 heterocycles. The number of benzene rings is 1. The van der Waals surface area contributed by atoms with Crippen LogP contribution in [-0.4, -0.2) is 5.91 Å². The summed E-state index contributed by atoms with van der Waals surface area (Å²) in [4.78, 5) is 10.6. The van der Waals surface area contributed by atoms with Gasteiger partial charge in [-0.05, 0) is 17.7 Å². The van der Waals surface area contributed by atoms with Crippen LogP contribution in [0.3, 0.4) is 0 Å². The van der Waals surface area contributed by atoms with Gasteiger partial charge in [0.25, 0.3) is 0 Å². The third kappa shape index (κ3) is 2.87. The molecule has 1 rings (SSSR count). The molecule has 5 heteroatoms. The summed E-state index contributed by atoms with van der Waals surface area (Å²) in [6.45, 7) is 0. The van der Waals surface area contributed by atoms with Crippen molar-refractivity contribution < 1.29 is 4.79 Å². The van der Waals surface area contributed by atoms with Crippen LogP contribution in [0.1, 0.15) is 18.0 Å².